The zero-order chi connectivity index (χ0) is 16.9. The second-order valence-corrected chi connectivity index (χ2v) is 6.27. The van der Waals surface area contributed by atoms with E-state index in [9.17, 15) is 9.59 Å². The highest BCUT2D eigenvalue weighted by Crippen LogP contribution is 2.15. The summed E-state index contributed by atoms with van der Waals surface area (Å²) in [6, 6.07) is 14.2. The van der Waals surface area contributed by atoms with Crippen LogP contribution in [0.3, 0.4) is 0 Å². The van der Waals surface area contributed by atoms with Crippen LogP contribution in [0.2, 0.25) is 0 Å². The van der Waals surface area contributed by atoms with Crippen molar-refractivity contribution >= 4 is 22.6 Å². The first-order valence-electron chi connectivity index (χ1n) is 8.36. The predicted octanol–water partition coefficient (Wildman–Crippen LogP) is 1.32. The van der Waals surface area contributed by atoms with Gasteiger partial charge in [-0.3, -0.25) is 14.5 Å². The highest BCUT2D eigenvalue weighted by molar-refractivity contribution is 5.88. The van der Waals surface area contributed by atoms with Gasteiger partial charge in [0.25, 0.3) is 0 Å². The Morgan fingerprint density at radius 3 is 2.83 bits per heavy atom. The monoisotopic (exact) mass is 325 g/mol. The molecule has 0 aliphatic carbocycles. The normalized spacial score (nSPS) is 18.4. The summed E-state index contributed by atoms with van der Waals surface area (Å²) in [5.41, 5.74) is 1.20. The van der Waals surface area contributed by atoms with Gasteiger partial charge >= 0.3 is 0 Å². The average Bonchev–Trinajstić information content (AvgIpc) is 2.58. The fourth-order valence-electron chi connectivity index (χ4n) is 3.07. The summed E-state index contributed by atoms with van der Waals surface area (Å²) in [6.07, 6.45) is 0.989. The second-order valence-electron chi connectivity index (χ2n) is 6.27. The van der Waals surface area contributed by atoms with Crippen LogP contribution in [0.5, 0.6) is 0 Å². The Bertz CT molecular complexity index is 744. The summed E-state index contributed by atoms with van der Waals surface area (Å²) in [5.74, 6) is -0.141. The Kier molecular flexibility index (Phi) is 5.11. The number of nitrogens with one attached hydrogen (secondary N) is 2. The Hall–Kier alpha value is -2.40. The molecule has 2 aromatic carbocycles. The van der Waals surface area contributed by atoms with E-state index in [0.29, 0.717) is 13.1 Å². The number of carbonyl (C=O) groups excluding carboxylic acids is 2. The third-order valence-corrected chi connectivity index (χ3v) is 4.53. The van der Waals surface area contributed by atoms with Crippen molar-refractivity contribution in [1.29, 1.82) is 0 Å². The van der Waals surface area contributed by atoms with E-state index in [1.165, 1.54) is 16.3 Å². The third-order valence-electron chi connectivity index (χ3n) is 4.53. The Labute approximate surface area is 142 Å². The lowest BCUT2D eigenvalue weighted by Crippen LogP contribution is -2.54. The fourth-order valence-corrected chi connectivity index (χ4v) is 3.07. The van der Waals surface area contributed by atoms with Crippen LogP contribution in [-0.4, -0.2) is 49.4 Å². The molecule has 1 fully saturated rings. The van der Waals surface area contributed by atoms with Crippen LogP contribution >= 0.6 is 0 Å². The van der Waals surface area contributed by atoms with E-state index in [1.54, 1.807) is 0 Å². The maximum atomic E-state index is 12.1. The molecule has 24 heavy (non-hydrogen) atoms. The number of benzene rings is 2. The van der Waals surface area contributed by atoms with Gasteiger partial charge in [0.2, 0.25) is 11.8 Å². The number of amides is 2. The molecule has 0 aromatic heterocycles. The van der Waals surface area contributed by atoms with Gasteiger partial charge in [0.1, 0.15) is 0 Å². The lowest BCUT2D eigenvalue weighted by molar-refractivity contribution is -0.133. The van der Waals surface area contributed by atoms with Gasteiger partial charge in [-0.1, -0.05) is 42.5 Å². The molecular formula is C19H23N3O2. The van der Waals surface area contributed by atoms with Crippen LogP contribution in [0, 0.1) is 0 Å². The number of nitrogens with zero attached hydrogens (tertiary/aromatic N) is 1. The molecule has 3 rings (SSSR count). The standard InChI is InChI=1S/C19H23N3O2/c1-22-11-10-21-19(24)17(22)13-18(23)20-9-8-14-6-7-15-4-2-3-5-16(15)12-14/h2-7,12,17H,8-11,13H2,1H3,(H,20,23)(H,21,24). The summed E-state index contributed by atoms with van der Waals surface area (Å²) in [7, 11) is 1.88. The molecule has 0 bridgehead atoms. The van der Waals surface area contributed by atoms with Gasteiger partial charge in [0.15, 0.2) is 0 Å². The maximum Gasteiger partial charge on any atom is 0.237 e. The number of likely N-dealkylation sites (N-methyl/N-ethyl adjacent to an activating group) is 1. The van der Waals surface area contributed by atoms with E-state index in [0.717, 1.165) is 13.0 Å². The van der Waals surface area contributed by atoms with Gasteiger partial charge in [-0.05, 0) is 29.8 Å². The highest BCUT2D eigenvalue weighted by atomic mass is 16.2. The van der Waals surface area contributed by atoms with Crippen molar-refractivity contribution in [2.45, 2.75) is 18.9 Å². The number of fused-ring (bicyclic) bond motifs is 1. The molecule has 1 aliphatic heterocycles. The van der Waals surface area contributed by atoms with Gasteiger partial charge < -0.3 is 10.6 Å². The lowest BCUT2D eigenvalue weighted by Gasteiger charge is -2.31. The van der Waals surface area contributed by atoms with Crippen LogP contribution in [0.15, 0.2) is 42.5 Å². The molecule has 5 heteroatoms. The van der Waals surface area contributed by atoms with E-state index < -0.39 is 0 Å². The molecule has 1 heterocycles. The van der Waals surface area contributed by atoms with Crippen LogP contribution in [-0.2, 0) is 16.0 Å². The number of rotatable bonds is 5. The smallest absolute Gasteiger partial charge is 0.237 e. The SMILES string of the molecule is CN1CCNC(=O)C1CC(=O)NCCc1ccc2ccccc2c1. The van der Waals surface area contributed by atoms with Gasteiger partial charge in [0.05, 0.1) is 12.5 Å². The van der Waals surface area contributed by atoms with E-state index in [2.05, 4.69) is 41.0 Å². The largest absolute Gasteiger partial charge is 0.356 e. The summed E-state index contributed by atoms with van der Waals surface area (Å²) >= 11 is 0. The number of hydrogen-bond acceptors (Lipinski definition) is 3. The summed E-state index contributed by atoms with van der Waals surface area (Å²) in [5, 5.41) is 8.16. The van der Waals surface area contributed by atoms with Crippen LogP contribution in [0.25, 0.3) is 10.8 Å². The first kappa shape index (κ1) is 16.5. The third kappa shape index (κ3) is 3.92. The molecule has 126 valence electrons. The quantitative estimate of drug-likeness (QED) is 0.871. The second kappa shape index (κ2) is 7.45. The molecule has 2 amide bonds. The number of hydrogen-bond donors (Lipinski definition) is 2. The van der Waals surface area contributed by atoms with E-state index >= 15 is 0 Å². The van der Waals surface area contributed by atoms with Crippen LogP contribution < -0.4 is 10.6 Å². The minimum Gasteiger partial charge on any atom is -0.356 e. The summed E-state index contributed by atoms with van der Waals surface area (Å²) < 4.78 is 0. The first-order valence-corrected chi connectivity index (χ1v) is 8.36. The van der Waals surface area contributed by atoms with Gasteiger partial charge in [0, 0.05) is 19.6 Å². The van der Waals surface area contributed by atoms with Crippen molar-refractivity contribution in [3.05, 3.63) is 48.0 Å². The van der Waals surface area contributed by atoms with Gasteiger partial charge in [-0.25, -0.2) is 0 Å². The van der Waals surface area contributed by atoms with E-state index in [-0.39, 0.29) is 24.3 Å². The predicted molar refractivity (Wildman–Crippen MR) is 94.7 cm³/mol. The van der Waals surface area contributed by atoms with Crippen LogP contribution in [0.4, 0.5) is 0 Å². The van der Waals surface area contributed by atoms with Crippen molar-refractivity contribution in [2.75, 3.05) is 26.7 Å². The first-order chi connectivity index (χ1) is 11.6. The van der Waals surface area contributed by atoms with Crippen molar-refractivity contribution in [3.63, 3.8) is 0 Å². The zero-order valence-corrected chi connectivity index (χ0v) is 13.9. The topological polar surface area (TPSA) is 61.4 Å². The van der Waals surface area contributed by atoms with Gasteiger partial charge in [-0.2, -0.15) is 0 Å². The molecule has 0 saturated carbocycles. The zero-order valence-electron chi connectivity index (χ0n) is 13.9. The summed E-state index contributed by atoms with van der Waals surface area (Å²) in [6.45, 7) is 2.01. The van der Waals surface area contributed by atoms with Crippen molar-refractivity contribution in [1.82, 2.24) is 15.5 Å². The minimum atomic E-state index is -0.362. The fraction of sp³-hybridized carbons (Fsp3) is 0.368. The Balaban J connectivity index is 1.50. The molecule has 0 radical (unpaired) electrons. The van der Waals surface area contributed by atoms with E-state index in [4.69, 9.17) is 0 Å². The maximum absolute atomic E-state index is 12.1. The molecule has 5 nitrogen and oxygen atoms in total. The van der Waals surface area contributed by atoms with Crippen molar-refractivity contribution in [2.24, 2.45) is 0 Å². The lowest BCUT2D eigenvalue weighted by atomic mass is 10.1. The molecule has 1 atom stereocenters. The average molecular weight is 325 g/mol. The summed E-state index contributed by atoms with van der Waals surface area (Å²) in [4.78, 5) is 25.8. The molecule has 0 spiro atoms. The van der Waals surface area contributed by atoms with Crippen molar-refractivity contribution in [3.8, 4) is 0 Å². The molecule has 1 saturated heterocycles. The Morgan fingerprint density at radius 2 is 2.04 bits per heavy atom. The highest BCUT2D eigenvalue weighted by Gasteiger charge is 2.28. The van der Waals surface area contributed by atoms with Crippen molar-refractivity contribution < 1.29 is 9.59 Å². The number of piperazine rings is 1. The molecular weight excluding hydrogens is 302 g/mol. The minimum absolute atomic E-state index is 0.0616. The van der Waals surface area contributed by atoms with E-state index in [1.807, 2.05) is 24.1 Å². The number of carbonyl (C=O) groups is 2. The molecule has 1 unspecified atom stereocenters. The molecule has 2 aromatic rings. The van der Waals surface area contributed by atoms with Gasteiger partial charge in [-0.15, -0.1) is 0 Å². The van der Waals surface area contributed by atoms with Crippen LogP contribution in [0.1, 0.15) is 12.0 Å². The molecule has 1 aliphatic rings. The molecule has 2 N–H and O–H groups in total. The Morgan fingerprint density at radius 1 is 1.25 bits per heavy atom.